The molecule has 0 amide bonds. The zero-order chi connectivity index (χ0) is 13.0. The molecule has 1 atom stereocenters. The highest BCUT2D eigenvalue weighted by Crippen LogP contribution is 2.25. The third kappa shape index (κ3) is 2.94. The predicted octanol–water partition coefficient (Wildman–Crippen LogP) is 1.97. The molecule has 96 valence electrons. The average Bonchev–Trinajstić information content (AvgIpc) is 2.84. The van der Waals surface area contributed by atoms with Crippen molar-refractivity contribution in [3.8, 4) is 5.75 Å². The highest BCUT2D eigenvalue weighted by Gasteiger charge is 2.05. The first-order valence-corrected chi connectivity index (χ1v) is 5.86. The van der Waals surface area contributed by atoms with Crippen molar-refractivity contribution in [3.63, 3.8) is 0 Å². The van der Waals surface area contributed by atoms with Crippen LogP contribution in [0.5, 0.6) is 5.75 Å². The Balaban J connectivity index is 2.00. The van der Waals surface area contributed by atoms with E-state index in [9.17, 15) is 0 Å². The van der Waals surface area contributed by atoms with Crippen LogP contribution in [-0.4, -0.2) is 22.9 Å². The lowest BCUT2D eigenvalue weighted by molar-refractivity contribution is 0.417. The predicted molar refractivity (Wildman–Crippen MR) is 72.7 cm³/mol. The van der Waals surface area contributed by atoms with Crippen molar-refractivity contribution in [1.82, 2.24) is 9.78 Å². The van der Waals surface area contributed by atoms with E-state index in [1.165, 1.54) is 0 Å². The van der Waals surface area contributed by atoms with Crippen molar-refractivity contribution in [2.75, 3.05) is 18.2 Å². The number of methoxy groups -OCH3 is 1. The highest BCUT2D eigenvalue weighted by atomic mass is 16.5. The van der Waals surface area contributed by atoms with Gasteiger partial charge in [0.2, 0.25) is 0 Å². The van der Waals surface area contributed by atoms with Gasteiger partial charge in [-0.1, -0.05) is 0 Å². The van der Waals surface area contributed by atoms with Gasteiger partial charge in [-0.15, -0.1) is 0 Å². The zero-order valence-corrected chi connectivity index (χ0v) is 10.6. The number of nitrogens with zero attached hydrogens (tertiary/aromatic N) is 2. The first kappa shape index (κ1) is 12.3. The Morgan fingerprint density at radius 2 is 2.33 bits per heavy atom. The summed E-state index contributed by atoms with van der Waals surface area (Å²) in [5.74, 6) is 0.686. The first-order chi connectivity index (χ1) is 8.69. The summed E-state index contributed by atoms with van der Waals surface area (Å²) in [6, 6.07) is 7.85. The lowest BCUT2D eigenvalue weighted by Crippen LogP contribution is -2.22. The molecule has 0 fully saturated rings. The van der Waals surface area contributed by atoms with Crippen LogP contribution in [0.2, 0.25) is 0 Å². The Morgan fingerprint density at radius 3 is 3.00 bits per heavy atom. The minimum Gasteiger partial charge on any atom is -0.495 e. The van der Waals surface area contributed by atoms with Gasteiger partial charge in [0, 0.05) is 30.2 Å². The van der Waals surface area contributed by atoms with Crippen LogP contribution in [0.4, 0.5) is 11.4 Å². The van der Waals surface area contributed by atoms with Crippen molar-refractivity contribution < 1.29 is 4.74 Å². The van der Waals surface area contributed by atoms with Gasteiger partial charge < -0.3 is 15.8 Å². The lowest BCUT2D eigenvalue weighted by atomic mass is 10.2. The number of nitrogens with two attached hydrogens (primary N) is 1. The minimum absolute atomic E-state index is 0.262. The summed E-state index contributed by atoms with van der Waals surface area (Å²) in [5.41, 5.74) is 7.40. The van der Waals surface area contributed by atoms with Gasteiger partial charge in [0.05, 0.1) is 19.3 Å². The maximum Gasteiger partial charge on any atom is 0.143 e. The Kier molecular flexibility index (Phi) is 3.72. The van der Waals surface area contributed by atoms with Crippen LogP contribution in [0, 0.1) is 0 Å². The zero-order valence-electron chi connectivity index (χ0n) is 10.6. The number of anilines is 2. The molecule has 0 bridgehead atoms. The van der Waals surface area contributed by atoms with Crippen molar-refractivity contribution in [2.24, 2.45) is 0 Å². The van der Waals surface area contributed by atoms with Gasteiger partial charge in [-0.2, -0.15) is 5.10 Å². The number of rotatable bonds is 5. The Hall–Kier alpha value is -2.17. The quantitative estimate of drug-likeness (QED) is 0.792. The first-order valence-electron chi connectivity index (χ1n) is 5.86. The van der Waals surface area contributed by atoms with Crippen LogP contribution in [0.25, 0.3) is 0 Å². The van der Waals surface area contributed by atoms with Gasteiger partial charge in [0.15, 0.2) is 0 Å². The van der Waals surface area contributed by atoms with E-state index in [1.807, 2.05) is 35.1 Å². The summed E-state index contributed by atoms with van der Waals surface area (Å²) in [4.78, 5) is 0. The van der Waals surface area contributed by atoms with E-state index in [0.717, 1.165) is 12.2 Å². The Bertz CT molecular complexity index is 496. The van der Waals surface area contributed by atoms with Crippen LogP contribution in [0.3, 0.4) is 0 Å². The fourth-order valence-electron chi connectivity index (χ4n) is 1.82. The Labute approximate surface area is 107 Å². The third-order valence-corrected chi connectivity index (χ3v) is 2.67. The number of hydrogen-bond acceptors (Lipinski definition) is 4. The molecular formula is C13H18N4O. The summed E-state index contributed by atoms with van der Waals surface area (Å²) in [6.45, 7) is 2.91. The van der Waals surface area contributed by atoms with E-state index in [2.05, 4.69) is 17.3 Å². The number of nitrogen functional groups attached to an aromatic ring is 1. The topological polar surface area (TPSA) is 65.1 Å². The maximum atomic E-state index is 5.77. The molecule has 3 N–H and O–H groups in total. The number of hydrogen-bond donors (Lipinski definition) is 2. The van der Waals surface area contributed by atoms with Crippen LogP contribution in [0.15, 0.2) is 36.7 Å². The number of benzene rings is 1. The van der Waals surface area contributed by atoms with E-state index in [-0.39, 0.29) is 6.04 Å². The van der Waals surface area contributed by atoms with E-state index >= 15 is 0 Å². The van der Waals surface area contributed by atoms with Gasteiger partial charge in [0.25, 0.3) is 0 Å². The molecule has 18 heavy (non-hydrogen) atoms. The molecule has 1 aromatic carbocycles. The van der Waals surface area contributed by atoms with Crippen LogP contribution >= 0.6 is 0 Å². The van der Waals surface area contributed by atoms with E-state index < -0.39 is 0 Å². The minimum atomic E-state index is 0.262. The van der Waals surface area contributed by atoms with E-state index in [4.69, 9.17) is 10.5 Å². The largest absolute Gasteiger partial charge is 0.495 e. The van der Waals surface area contributed by atoms with Gasteiger partial charge >= 0.3 is 0 Å². The molecule has 5 heteroatoms. The molecule has 0 saturated heterocycles. The normalized spacial score (nSPS) is 12.1. The molecule has 2 rings (SSSR count). The summed E-state index contributed by atoms with van der Waals surface area (Å²) < 4.78 is 7.09. The summed E-state index contributed by atoms with van der Waals surface area (Å²) in [6.07, 6.45) is 3.72. The molecular weight excluding hydrogens is 228 g/mol. The van der Waals surface area contributed by atoms with E-state index in [1.54, 1.807) is 13.3 Å². The van der Waals surface area contributed by atoms with Crippen LogP contribution < -0.4 is 15.8 Å². The SMILES string of the molecule is COc1cc(NC(C)Cn2cccn2)ccc1N. The number of aromatic nitrogens is 2. The maximum absolute atomic E-state index is 5.77. The van der Waals surface area contributed by atoms with Crippen LogP contribution in [0.1, 0.15) is 6.92 Å². The van der Waals surface area contributed by atoms with Gasteiger partial charge in [0.1, 0.15) is 5.75 Å². The smallest absolute Gasteiger partial charge is 0.143 e. The second kappa shape index (κ2) is 5.44. The standard InChI is InChI=1S/C13H18N4O/c1-10(9-17-7-3-6-15-17)16-11-4-5-12(14)13(8-11)18-2/h3-8,10,16H,9,14H2,1-2H3. The molecule has 1 aromatic heterocycles. The third-order valence-electron chi connectivity index (χ3n) is 2.67. The molecule has 0 aliphatic heterocycles. The molecule has 0 aliphatic rings. The van der Waals surface area contributed by atoms with Crippen molar-refractivity contribution in [2.45, 2.75) is 19.5 Å². The van der Waals surface area contributed by atoms with Crippen LogP contribution in [-0.2, 0) is 6.54 Å². The van der Waals surface area contributed by atoms with E-state index in [0.29, 0.717) is 11.4 Å². The molecule has 1 unspecified atom stereocenters. The Morgan fingerprint density at radius 1 is 1.50 bits per heavy atom. The average molecular weight is 246 g/mol. The number of nitrogens with one attached hydrogen (secondary N) is 1. The fourth-order valence-corrected chi connectivity index (χ4v) is 1.82. The lowest BCUT2D eigenvalue weighted by Gasteiger charge is -2.16. The van der Waals surface area contributed by atoms with Gasteiger partial charge in [-0.25, -0.2) is 0 Å². The molecule has 0 spiro atoms. The van der Waals surface area contributed by atoms with Crippen molar-refractivity contribution in [3.05, 3.63) is 36.7 Å². The molecule has 0 aliphatic carbocycles. The second-order valence-corrected chi connectivity index (χ2v) is 4.23. The second-order valence-electron chi connectivity index (χ2n) is 4.23. The molecule has 2 aromatic rings. The highest BCUT2D eigenvalue weighted by molar-refractivity contribution is 5.61. The number of ether oxygens (including phenoxy) is 1. The summed E-state index contributed by atoms with van der Waals surface area (Å²) >= 11 is 0. The summed E-state index contributed by atoms with van der Waals surface area (Å²) in [5, 5.41) is 7.56. The molecule has 5 nitrogen and oxygen atoms in total. The van der Waals surface area contributed by atoms with Gasteiger partial charge in [-0.05, 0) is 25.1 Å². The monoisotopic (exact) mass is 246 g/mol. The molecule has 1 heterocycles. The molecule has 0 saturated carbocycles. The fraction of sp³-hybridized carbons (Fsp3) is 0.308. The van der Waals surface area contributed by atoms with Gasteiger partial charge in [-0.3, -0.25) is 4.68 Å². The summed E-state index contributed by atoms with van der Waals surface area (Å²) in [7, 11) is 1.61. The molecule has 0 radical (unpaired) electrons. The van der Waals surface area contributed by atoms with Crippen molar-refractivity contribution in [1.29, 1.82) is 0 Å². The van der Waals surface area contributed by atoms with Crippen molar-refractivity contribution >= 4 is 11.4 Å².